The molecular weight excluding hydrogens is 344 g/mol. The largest absolute Gasteiger partial charge is 0.363 e. The van der Waals surface area contributed by atoms with Crippen LogP contribution in [0.4, 0.5) is 23.0 Å². The number of nitro groups is 1. The highest BCUT2D eigenvalue weighted by atomic mass is 16.6. The molecule has 0 aliphatic carbocycles. The van der Waals surface area contributed by atoms with E-state index in [9.17, 15) is 10.1 Å². The van der Waals surface area contributed by atoms with Crippen molar-refractivity contribution in [3.8, 4) is 0 Å². The number of nitrogens with one attached hydrogen (secondary N) is 2. The smallest absolute Gasteiger partial charge is 0.353 e. The molecule has 0 amide bonds. The molecule has 1 aromatic heterocycles. The maximum absolute atomic E-state index is 11.6. The summed E-state index contributed by atoms with van der Waals surface area (Å²) < 4.78 is 0. The number of hydrogen-bond donors (Lipinski definition) is 2. The Bertz CT molecular complexity index is 759. The van der Waals surface area contributed by atoms with Crippen molar-refractivity contribution in [3.63, 3.8) is 0 Å². The third-order valence-corrected chi connectivity index (χ3v) is 4.80. The summed E-state index contributed by atoms with van der Waals surface area (Å²) in [4.78, 5) is 21.7. The van der Waals surface area contributed by atoms with Crippen molar-refractivity contribution in [3.05, 3.63) is 46.3 Å². The predicted molar refractivity (Wildman–Crippen MR) is 107 cm³/mol. The van der Waals surface area contributed by atoms with E-state index in [0.29, 0.717) is 6.54 Å². The van der Waals surface area contributed by atoms with Crippen molar-refractivity contribution in [1.82, 2.24) is 14.9 Å². The Morgan fingerprint density at radius 2 is 1.81 bits per heavy atom. The minimum atomic E-state index is -0.439. The summed E-state index contributed by atoms with van der Waals surface area (Å²) in [5, 5.41) is 17.8. The molecule has 3 rings (SSSR count). The summed E-state index contributed by atoms with van der Waals surface area (Å²) >= 11 is 0. The van der Waals surface area contributed by atoms with Crippen LogP contribution in [-0.4, -0.2) is 46.0 Å². The van der Waals surface area contributed by atoms with Crippen LogP contribution in [-0.2, 0) is 6.42 Å². The van der Waals surface area contributed by atoms with Crippen molar-refractivity contribution in [1.29, 1.82) is 0 Å². The van der Waals surface area contributed by atoms with Crippen LogP contribution in [0.3, 0.4) is 0 Å². The van der Waals surface area contributed by atoms with Crippen molar-refractivity contribution >= 4 is 23.0 Å². The molecule has 1 fully saturated rings. The minimum absolute atomic E-state index is 0.129. The Balaban J connectivity index is 1.70. The zero-order valence-electron chi connectivity index (χ0n) is 15.6. The Kier molecular flexibility index (Phi) is 6.54. The number of likely N-dealkylation sites (tertiary alicyclic amines) is 1. The first-order valence-corrected chi connectivity index (χ1v) is 9.49. The maximum atomic E-state index is 11.6. The van der Waals surface area contributed by atoms with Gasteiger partial charge in [-0.05, 0) is 50.0 Å². The summed E-state index contributed by atoms with van der Waals surface area (Å²) in [5.74, 6) is 0.444. The first-order valence-electron chi connectivity index (χ1n) is 9.49. The van der Waals surface area contributed by atoms with Crippen molar-refractivity contribution in [2.45, 2.75) is 32.6 Å². The van der Waals surface area contributed by atoms with E-state index in [1.807, 2.05) is 24.3 Å². The van der Waals surface area contributed by atoms with Gasteiger partial charge < -0.3 is 15.5 Å². The van der Waals surface area contributed by atoms with Crippen molar-refractivity contribution in [2.75, 3.05) is 36.8 Å². The number of anilines is 3. The summed E-state index contributed by atoms with van der Waals surface area (Å²) in [6, 6.07) is 7.78. The van der Waals surface area contributed by atoms with Gasteiger partial charge in [-0.1, -0.05) is 25.5 Å². The van der Waals surface area contributed by atoms with Crippen LogP contribution < -0.4 is 10.6 Å². The molecule has 1 aromatic carbocycles. The monoisotopic (exact) mass is 370 g/mol. The number of aryl methyl sites for hydroxylation is 1. The molecule has 8 heteroatoms. The predicted octanol–water partition coefficient (Wildman–Crippen LogP) is 3.59. The van der Waals surface area contributed by atoms with E-state index in [-0.39, 0.29) is 17.3 Å². The average molecular weight is 370 g/mol. The van der Waals surface area contributed by atoms with Crippen LogP contribution in [0.2, 0.25) is 0 Å². The number of piperidine rings is 1. The van der Waals surface area contributed by atoms with Gasteiger partial charge in [-0.3, -0.25) is 10.1 Å². The molecule has 0 atom stereocenters. The molecule has 2 N–H and O–H groups in total. The Hall–Kier alpha value is -2.74. The van der Waals surface area contributed by atoms with Crippen LogP contribution in [0, 0.1) is 10.1 Å². The normalized spacial score (nSPS) is 14.7. The first kappa shape index (κ1) is 19.0. The molecule has 0 bridgehead atoms. The van der Waals surface area contributed by atoms with E-state index in [4.69, 9.17) is 0 Å². The summed E-state index contributed by atoms with van der Waals surface area (Å²) in [5.41, 5.74) is 1.83. The van der Waals surface area contributed by atoms with Gasteiger partial charge in [-0.25, -0.2) is 9.97 Å². The van der Waals surface area contributed by atoms with E-state index >= 15 is 0 Å². The lowest BCUT2D eigenvalue weighted by Gasteiger charge is -2.26. The third kappa shape index (κ3) is 5.13. The highest BCUT2D eigenvalue weighted by Crippen LogP contribution is 2.31. The van der Waals surface area contributed by atoms with E-state index in [1.165, 1.54) is 31.2 Å². The molecule has 0 radical (unpaired) electrons. The topological polar surface area (TPSA) is 96.2 Å². The number of benzene rings is 1. The van der Waals surface area contributed by atoms with Crippen LogP contribution >= 0.6 is 0 Å². The van der Waals surface area contributed by atoms with Gasteiger partial charge in [0.25, 0.3) is 0 Å². The zero-order valence-corrected chi connectivity index (χ0v) is 15.6. The summed E-state index contributed by atoms with van der Waals surface area (Å²) in [6.45, 7) is 5.73. The summed E-state index contributed by atoms with van der Waals surface area (Å²) in [7, 11) is 0. The molecule has 144 valence electrons. The SMILES string of the molecule is CCc1ccc(Nc2ncnc(NCCN3CCCCC3)c2[N+](=O)[O-])cc1. The van der Waals surface area contributed by atoms with E-state index in [0.717, 1.165) is 31.7 Å². The maximum Gasteiger partial charge on any atom is 0.353 e. The van der Waals surface area contributed by atoms with Gasteiger partial charge in [0.05, 0.1) is 4.92 Å². The summed E-state index contributed by atoms with van der Waals surface area (Å²) in [6.07, 6.45) is 6.02. The van der Waals surface area contributed by atoms with Crippen molar-refractivity contribution < 1.29 is 4.92 Å². The Morgan fingerprint density at radius 3 is 2.48 bits per heavy atom. The number of nitrogens with zero attached hydrogens (tertiary/aromatic N) is 4. The molecule has 0 spiro atoms. The molecule has 27 heavy (non-hydrogen) atoms. The lowest BCUT2D eigenvalue weighted by atomic mass is 10.1. The van der Waals surface area contributed by atoms with Crippen LogP contribution in [0.5, 0.6) is 0 Å². The fourth-order valence-electron chi connectivity index (χ4n) is 3.25. The number of aromatic nitrogens is 2. The Morgan fingerprint density at radius 1 is 1.11 bits per heavy atom. The highest BCUT2D eigenvalue weighted by Gasteiger charge is 2.23. The Labute approximate surface area is 159 Å². The standard InChI is InChI=1S/C19H26N6O2/c1-2-15-6-8-16(9-7-15)23-19-17(25(26)27)18(21-14-22-19)20-10-13-24-11-4-3-5-12-24/h6-9,14H,2-5,10-13H2,1H3,(H2,20,21,22,23). The molecule has 8 nitrogen and oxygen atoms in total. The molecular formula is C19H26N6O2. The molecule has 2 aromatic rings. The highest BCUT2D eigenvalue weighted by molar-refractivity contribution is 5.73. The fourth-order valence-corrected chi connectivity index (χ4v) is 3.25. The second-order valence-electron chi connectivity index (χ2n) is 6.68. The molecule has 0 saturated carbocycles. The zero-order chi connectivity index (χ0) is 19.1. The van der Waals surface area contributed by atoms with Crippen molar-refractivity contribution in [2.24, 2.45) is 0 Å². The second kappa shape index (κ2) is 9.27. The fraction of sp³-hybridized carbons (Fsp3) is 0.474. The third-order valence-electron chi connectivity index (χ3n) is 4.80. The van der Waals surface area contributed by atoms with Gasteiger partial charge in [0.1, 0.15) is 6.33 Å². The van der Waals surface area contributed by atoms with Gasteiger partial charge in [-0.2, -0.15) is 0 Å². The van der Waals surface area contributed by atoms with Gasteiger partial charge in [0.15, 0.2) is 0 Å². The van der Waals surface area contributed by atoms with Crippen LogP contribution in [0.15, 0.2) is 30.6 Å². The first-order chi connectivity index (χ1) is 13.2. The van der Waals surface area contributed by atoms with Gasteiger partial charge in [0, 0.05) is 18.8 Å². The van der Waals surface area contributed by atoms with E-state index in [2.05, 4.69) is 32.4 Å². The minimum Gasteiger partial charge on any atom is -0.363 e. The van der Waals surface area contributed by atoms with E-state index < -0.39 is 4.92 Å². The lowest BCUT2D eigenvalue weighted by molar-refractivity contribution is -0.383. The molecule has 1 aliphatic heterocycles. The molecule has 1 saturated heterocycles. The average Bonchev–Trinajstić information content (AvgIpc) is 2.69. The van der Waals surface area contributed by atoms with Gasteiger partial charge in [0.2, 0.25) is 11.6 Å². The molecule has 2 heterocycles. The number of hydrogen-bond acceptors (Lipinski definition) is 7. The molecule has 0 unspecified atom stereocenters. The van der Waals surface area contributed by atoms with Crippen LogP contribution in [0.25, 0.3) is 0 Å². The van der Waals surface area contributed by atoms with E-state index in [1.54, 1.807) is 0 Å². The van der Waals surface area contributed by atoms with Gasteiger partial charge >= 0.3 is 5.69 Å². The second-order valence-corrected chi connectivity index (χ2v) is 6.68. The number of rotatable bonds is 8. The van der Waals surface area contributed by atoms with Gasteiger partial charge in [-0.15, -0.1) is 0 Å². The lowest BCUT2D eigenvalue weighted by Crippen LogP contribution is -2.33. The molecule has 1 aliphatic rings. The van der Waals surface area contributed by atoms with Crippen LogP contribution in [0.1, 0.15) is 31.7 Å². The quantitative estimate of drug-likeness (QED) is 0.541.